The molecule has 1 rings (SSSR count). The highest BCUT2D eigenvalue weighted by Gasteiger charge is 2.07. The van der Waals surface area contributed by atoms with E-state index in [4.69, 9.17) is 15.6 Å². The van der Waals surface area contributed by atoms with Gasteiger partial charge in [0.1, 0.15) is 6.10 Å². The predicted octanol–water partition coefficient (Wildman–Crippen LogP) is 1.99. The smallest absolute Gasteiger partial charge is 0.146 e. The number of hydrogen-bond donors (Lipinski definition) is 0. The summed E-state index contributed by atoms with van der Waals surface area (Å²) in [5.74, 6) is 2.52. The molecule has 0 saturated carbocycles. The molecule has 1 aromatic heterocycles. The van der Waals surface area contributed by atoms with Crippen molar-refractivity contribution >= 4 is 0 Å². The third kappa shape index (κ3) is 1.86. The standard InChI is InChI=1S/C9H10O2/c1-3-9(11-4-2)8-5-6-10-7-8/h1,5-7,9H,4H2,2H3. The van der Waals surface area contributed by atoms with E-state index in [9.17, 15) is 0 Å². The Morgan fingerprint density at radius 2 is 2.64 bits per heavy atom. The summed E-state index contributed by atoms with van der Waals surface area (Å²) in [6, 6.07) is 1.81. The van der Waals surface area contributed by atoms with Crippen LogP contribution in [0.2, 0.25) is 0 Å². The molecular weight excluding hydrogens is 140 g/mol. The summed E-state index contributed by atoms with van der Waals surface area (Å²) in [7, 11) is 0. The molecular formula is C9H10O2. The van der Waals surface area contributed by atoms with Crippen LogP contribution in [0, 0.1) is 12.3 Å². The molecule has 0 spiro atoms. The molecule has 0 radical (unpaired) electrons. The summed E-state index contributed by atoms with van der Waals surface area (Å²) < 4.78 is 10.1. The number of rotatable bonds is 3. The lowest BCUT2D eigenvalue weighted by molar-refractivity contribution is 0.103. The van der Waals surface area contributed by atoms with Crippen LogP contribution in [0.3, 0.4) is 0 Å². The molecule has 0 amide bonds. The molecule has 1 aromatic rings. The molecule has 0 bridgehead atoms. The molecule has 2 nitrogen and oxygen atoms in total. The SMILES string of the molecule is C#CC(OCC)c1ccoc1. The first-order chi connectivity index (χ1) is 5.38. The van der Waals surface area contributed by atoms with Crippen LogP contribution in [0.15, 0.2) is 23.0 Å². The molecule has 1 atom stereocenters. The highest BCUT2D eigenvalue weighted by atomic mass is 16.5. The zero-order valence-corrected chi connectivity index (χ0v) is 6.41. The highest BCUT2D eigenvalue weighted by Crippen LogP contribution is 2.15. The van der Waals surface area contributed by atoms with Gasteiger partial charge in [0.05, 0.1) is 12.5 Å². The predicted molar refractivity (Wildman–Crippen MR) is 41.9 cm³/mol. The number of furan rings is 1. The first-order valence-electron chi connectivity index (χ1n) is 3.48. The Morgan fingerprint density at radius 3 is 3.09 bits per heavy atom. The van der Waals surface area contributed by atoms with Gasteiger partial charge in [-0.1, -0.05) is 5.92 Å². The fourth-order valence-corrected chi connectivity index (χ4v) is 0.831. The molecule has 11 heavy (non-hydrogen) atoms. The quantitative estimate of drug-likeness (QED) is 0.615. The number of ether oxygens (including phenoxy) is 1. The van der Waals surface area contributed by atoms with Crippen LogP contribution in [0.1, 0.15) is 18.6 Å². The largest absolute Gasteiger partial charge is 0.472 e. The van der Waals surface area contributed by atoms with Crippen molar-refractivity contribution in [3.05, 3.63) is 24.2 Å². The molecule has 0 aliphatic heterocycles. The van der Waals surface area contributed by atoms with Crippen molar-refractivity contribution in [3.63, 3.8) is 0 Å². The summed E-state index contributed by atoms with van der Waals surface area (Å²) in [5.41, 5.74) is 0.898. The minimum atomic E-state index is -0.265. The molecule has 0 aromatic carbocycles. The van der Waals surface area contributed by atoms with Crippen molar-refractivity contribution in [2.24, 2.45) is 0 Å². The molecule has 2 heteroatoms. The van der Waals surface area contributed by atoms with Crippen molar-refractivity contribution in [1.29, 1.82) is 0 Å². The van der Waals surface area contributed by atoms with Gasteiger partial charge in [-0.2, -0.15) is 0 Å². The van der Waals surface area contributed by atoms with E-state index in [2.05, 4.69) is 5.92 Å². The van der Waals surface area contributed by atoms with Gasteiger partial charge in [-0.25, -0.2) is 0 Å². The van der Waals surface area contributed by atoms with Gasteiger partial charge in [0.25, 0.3) is 0 Å². The van der Waals surface area contributed by atoms with Crippen LogP contribution in [0.25, 0.3) is 0 Å². The van der Waals surface area contributed by atoms with Gasteiger partial charge in [0, 0.05) is 12.2 Å². The van der Waals surface area contributed by atoms with E-state index >= 15 is 0 Å². The summed E-state index contributed by atoms with van der Waals surface area (Å²) in [6.07, 6.45) is 8.15. The van der Waals surface area contributed by atoms with Gasteiger partial charge in [-0.3, -0.25) is 0 Å². The lowest BCUT2D eigenvalue weighted by Crippen LogP contribution is -1.99. The summed E-state index contributed by atoms with van der Waals surface area (Å²) >= 11 is 0. The van der Waals surface area contributed by atoms with E-state index in [1.165, 1.54) is 0 Å². The second-order valence-corrected chi connectivity index (χ2v) is 2.06. The molecule has 1 heterocycles. The average Bonchev–Trinajstić information content (AvgIpc) is 2.52. The molecule has 0 saturated heterocycles. The van der Waals surface area contributed by atoms with Crippen molar-refractivity contribution in [1.82, 2.24) is 0 Å². The molecule has 1 unspecified atom stereocenters. The first-order valence-corrected chi connectivity index (χ1v) is 3.48. The molecule has 58 valence electrons. The Hall–Kier alpha value is -1.20. The van der Waals surface area contributed by atoms with Crippen LogP contribution in [-0.4, -0.2) is 6.61 Å². The Morgan fingerprint density at radius 1 is 1.82 bits per heavy atom. The maximum atomic E-state index is 5.24. The van der Waals surface area contributed by atoms with Gasteiger partial charge in [-0.05, 0) is 13.0 Å². The zero-order valence-electron chi connectivity index (χ0n) is 6.41. The van der Waals surface area contributed by atoms with Crippen molar-refractivity contribution in [2.45, 2.75) is 13.0 Å². The minimum Gasteiger partial charge on any atom is -0.472 e. The van der Waals surface area contributed by atoms with Crippen molar-refractivity contribution in [3.8, 4) is 12.3 Å². The fourth-order valence-electron chi connectivity index (χ4n) is 0.831. The Bertz CT molecular complexity index is 231. The normalized spacial score (nSPS) is 12.4. The van der Waals surface area contributed by atoms with E-state index in [-0.39, 0.29) is 6.10 Å². The van der Waals surface area contributed by atoms with Crippen LogP contribution < -0.4 is 0 Å². The topological polar surface area (TPSA) is 22.4 Å². The van der Waals surface area contributed by atoms with Crippen LogP contribution in [-0.2, 0) is 4.74 Å². The molecule has 0 N–H and O–H groups in total. The average molecular weight is 150 g/mol. The summed E-state index contributed by atoms with van der Waals surface area (Å²) in [5, 5.41) is 0. The van der Waals surface area contributed by atoms with Crippen LogP contribution >= 0.6 is 0 Å². The fraction of sp³-hybridized carbons (Fsp3) is 0.333. The van der Waals surface area contributed by atoms with E-state index in [1.807, 2.05) is 6.92 Å². The van der Waals surface area contributed by atoms with E-state index in [0.29, 0.717) is 6.61 Å². The van der Waals surface area contributed by atoms with Crippen molar-refractivity contribution in [2.75, 3.05) is 6.61 Å². The third-order valence-electron chi connectivity index (χ3n) is 1.33. The van der Waals surface area contributed by atoms with E-state index < -0.39 is 0 Å². The monoisotopic (exact) mass is 150 g/mol. The van der Waals surface area contributed by atoms with Crippen LogP contribution in [0.4, 0.5) is 0 Å². The van der Waals surface area contributed by atoms with Gasteiger partial charge in [0.15, 0.2) is 0 Å². The summed E-state index contributed by atoms with van der Waals surface area (Å²) in [6.45, 7) is 2.52. The highest BCUT2D eigenvalue weighted by molar-refractivity contribution is 5.18. The Kier molecular flexibility index (Phi) is 2.76. The van der Waals surface area contributed by atoms with Gasteiger partial charge < -0.3 is 9.15 Å². The van der Waals surface area contributed by atoms with E-state index in [0.717, 1.165) is 5.56 Å². The number of terminal acetylenes is 1. The minimum absolute atomic E-state index is 0.265. The van der Waals surface area contributed by atoms with Gasteiger partial charge in [-0.15, -0.1) is 6.42 Å². The maximum absolute atomic E-state index is 5.24. The second-order valence-electron chi connectivity index (χ2n) is 2.06. The molecule has 0 aliphatic rings. The zero-order chi connectivity index (χ0) is 8.10. The lowest BCUT2D eigenvalue weighted by atomic mass is 10.2. The lowest BCUT2D eigenvalue weighted by Gasteiger charge is -2.06. The third-order valence-corrected chi connectivity index (χ3v) is 1.33. The number of hydrogen-bond acceptors (Lipinski definition) is 2. The maximum Gasteiger partial charge on any atom is 0.146 e. The molecule has 0 aliphatic carbocycles. The van der Waals surface area contributed by atoms with Crippen molar-refractivity contribution < 1.29 is 9.15 Å². The van der Waals surface area contributed by atoms with Gasteiger partial charge in [0.2, 0.25) is 0 Å². The first kappa shape index (κ1) is 7.90. The van der Waals surface area contributed by atoms with Crippen LogP contribution in [0.5, 0.6) is 0 Å². The second kappa shape index (κ2) is 3.85. The Labute approximate surface area is 66.2 Å². The van der Waals surface area contributed by atoms with Gasteiger partial charge >= 0.3 is 0 Å². The Balaban J connectivity index is 2.65. The molecule has 0 fully saturated rings. The van der Waals surface area contributed by atoms with E-state index in [1.54, 1.807) is 18.6 Å². The summed E-state index contributed by atoms with van der Waals surface area (Å²) in [4.78, 5) is 0.